The second kappa shape index (κ2) is 4.23. The maximum atomic E-state index is 12.9. The highest BCUT2D eigenvalue weighted by Crippen LogP contribution is 2.27. The second-order valence-electron chi connectivity index (χ2n) is 5.95. The summed E-state index contributed by atoms with van der Waals surface area (Å²) in [5, 5.41) is 2.38. The average Bonchev–Trinajstić information content (AvgIpc) is 2.95. The van der Waals surface area contributed by atoms with Gasteiger partial charge in [-0.2, -0.15) is 0 Å². The van der Waals surface area contributed by atoms with Crippen molar-refractivity contribution in [3.05, 3.63) is 76.5 Å². The monoisotopic (exact) mass is 299 g/mol. The first-order chi connectivity index (χ1) is 11.2. The van der Waals surface area contributed by atoms with Crippen LogP contribution >= 0.6 is 0 Å². The topological polar surface area (TPSA) is 34.6 Å². The quantitative estimate of drug-likeness (QED) is 0.417. The van der Waals surface area contributed by atoms with E-state index >= 15 is 0 Å². The number of rotatable bonds is 0. The van der Waals surface area contributed by atoms with E-state index in [1.165, 1.54) is 0 Å². The van der Waals surface area contributed by atoms with E-state index < -0.39 is 0 Å². The minimum atomic E-state index is 0.0257. The summed E-state index contributed by atoms with van der Waals surface area (Å²) in [5.74, 6) is 0. The van der Waals surface area contributed by atoms with Crippen molar-refractivity contribution in [3.63, 3.8) is 0 Å². The third kappa shape index (κ3) is 1.62. The van der Waals surface area contributed by atoms with Gasteiger partial charge in [-0.05, 0) is 42.6 Å². The molecule has 0 saturated heterocycles. The van der Waals surface area contributed by atoms with Crippen molar-refractivity contribution in [2.45, 2.75) is 6.92 Å². The Kier molecular flexibility index (Phi) is 2.29. The lowest BCUT2D eigenvalue weighted by molar-refractivity contribution is 0.643. The van der Waals surface area contributed by atoms with Crippen LogP contribution < -0.4 is 5.43 Å². The van der Waals surface area contributed by atoms with Crippen LogP contribution in [0.15, 0.2) is 69.9 Å². The lowest BCUT2D eigenvalue weighted by Gasteiger charge is -2.04. The standard InChI is InChI=1S/C20H13NO2/c1-12-6-9-18-15(10-12)19(22)16-11-14-8-7-13-4-2-3-5-17(13)21(14)20(16)23-18/h2-11H,1H3. The number of hydrogen-bond acceptors (Lipinski definition) is 2. The normalized spacial score (nSPS) is 11.9. The molecule has 23 heavy (non-hydrogen) atoms. The third-order valence-corrected chi connectivity index (χ3v) is 4.43. The van der Waals surface area contributed by atoms with E-state index in [1.807, 2.05) is 59.9 Å². The molecule has 0 spiro atoms. The molecule has 0 saturated carbocycles. The fourth-order valence-electron chi connectivity index (χ4n) is 3.31. The first kappa shape index (κ1) is 12.5. The second-order valence-corrected chi connectivity index (χ2v) is 5.95. The zero-order valence-electron chi connectivity index (χ0n) is 12.5. The van der Waals surface area contributed by atoms with Crippen molar-refractivity contribution in [2.24, 2.45) is 0 Å². The van der Waals surface area contributed by atoms with E-state index in [-0.39, 0.29) is 5.43 Å². The van der Waals surface area contributed by atoms with Gasteiger partial charge >= 0.3 is 0 Å². The van der Waals surface area contributed by atoms with Crippen LogP contribution in [0.3, 0.4) is 0 Å². The van der Waals surface area contributed by atoms with Gasteiger partial charge in [-0.1, -0.05) is 35.9 Å². The molecule has 0 aliphatic rings. The lowest BCUT2D eigenvalue weighted by atomic mass is 10.1. The summed E-state index contributed by atoms with van der Waals surface area (Å²) in [6, 6.07) is 19.8. The van der Waals surface area contributed by atoms with Crippen molar-refractivity contribution >= 4 is 38.5 Å². The molecule has 3 heteroatoms. The molecular formula is C20H13NO2. The highest BCUT2D eigenvalue weighted by Gasteiger charge is 2.14. The largest absolute Gasteiger partial charge is 0.439 e. The number of nitrogens with zero attached hydrogens (tertiary/aromatic N) is 1. The zero-order valence-corrected chi connectivity index (χ0v) is 12.5. The van der Waals surface area contributed by atoms with E-state index in [2.05, 4.69) is 12.1 Å². The van der Waals surface area contributed by atoms with Gasteiger partial charge in [0.25, 0.3) is 0 Å². The molecule has 0 N–H and O–H groups in total. The molecule has 0 bridgehead atoms. The minimum Gasteiger partial charge on any atom is -0.439 e. The summed E-state index contributed by atoms with van der Waals surface area (Å²) >= 11 is 0. The molecule has 3 heterocycles. The molecule has 0 aliphatic heterocycles. The number of fused-ring (bicyclic) bond motifs is 6. The predicted octanol–water partition coefficient (Wildman–Crippen LogP) is 4.66. The first-order valence-electron chi connectivity index (χ1n) is 7.59. The van der Waals surface area contributed by atoms with Gasteiger partial charge in [-0.3, -0.25) is 9.20 Å². The average molecular weight is 299 g/mol. The van der Waals surface area contributed by atoms with E-state index in [0.717, 1.165) is 22.0 Å². The molecule has 3 aromatic heterocycles. The van der Waals surface area contributed by atoms with E-state index in [4.69, 9.17) is 4.42 Å². The predicted molar refractivity (Wildman–Crippen MR) is 93.2 cm³/mol. The number of benzene rings is 2. The Morgan fingerprint density at radius 3 is 2.70 bits per heavy atom. The Balaban J connectivity index is 2.11. The molecule has 5 aromatic rings. The molecule has 0 amide bonds. The van der Waals surface area contributed by atoms with Crippen LogP contribution in [0.2, 0.25) is 0 Å². The highest BCUT2D eigenvalue weighted by molar-refractivity contribution is 5.96. The lowest BCUT2D eigenvalue weighted by Crippen LogP contribution is -2.01. The van der Waals surface area contributed by atoms with Crippen LogP contribution in [0.1, 0.15) is 5.56 Å². The molecule has 0 unspecified atom stereocenters. The molecule has 110 valence electrons. The number of aryl methyl sites for hydroxylation is 1. The van der Waals surface area contributed by atoms with Gasteiger partial charge in [-0.15, -0.1) is 0 Å². The molecular weight excluding hydrogens is 286 g/mol. The Hall–Kier alpha value is -3.07. The smallest absolute Gasteiger partial charge is 0.216 e. The summed E-state index contributed by atoms with van der Waals surface area (Å²) in [7, 11) is 0. The van der Waals surface area contributed by atoms with Gasteiger partial charge in [0.2, 0.25) is 11.1 Å². The summed E-state index contributed by atoms with van der Waals surface area (Å²) in [4.78, 5) is 12.9. The molecule has 5 rings (SSSR count). The number of aromatic nitrogens is 1. The summed E-state index contributed by atoms with van der Waals surface area (Å²) in [6.45, 7) is 1.98. The van der Waals surface area contributed by atoms with Gasteiger partial charge in [0.15, 0.2) is 0 Å². The zero-order chi connectivity index (χ0) is 15.6. The van der Waals surface area contributed by atoms with Crippen LogP contribution in [0, 0.1) is 6.92 Å². The molecule has 0 radical (unpaired) electrons. The van der Waals surface area contributed by atoms with Gasteiger partial charge in [0.1, 0.15) is 5.58 Å². The van der Waals surface area contributed by atoms with Crippen LogP contribution in [-0.2, 0) is 0 Å². The van der Waals surface area contributed by atoms with Crippen LogP contribution in [0.4, 0.5) is 0 Å². The molecule has 2 aromatic carbocycles. The van der Waals surface area contributed by atoms with Gasteiger partial charge in [-0.25, -0.2) is 0 Å². The molecule has 0 aliphatic carbocycles. The Morgan fingerprint density at radius 2 is 1.78 bits per heavy atom. The summed E-state index contributed by atoms with van der Waals surface area (Å²) in [6.07, 6.45) is 0. The Morgan fingerprint density at radius 1 is 0.913 bits per heavy atom. The van der Waals surface area contributed by atoms with Crippen molar-refractivity contribution in [1.29, 1.82) is 0 Å². The summed E-state index contributed by atoms with van der Waals surface area (Å²) < 4.78 is 8.13. The maximum Gasteiger partial charge on any atom is 0.216 e. The maximum absolute atomic E-state index is 12.9. The van der Waals surface area contributed by atoms with E-state index in [0.29, 0.717) is 22.1 Å². The van der Waals surface area contributed by atoms with Crippen molar-refractivity contribution in [1.82, 2.24) is 4.40 Å². The Bertz CT molecular complexity index is 1290. The van der Waals surface area contributed by atoms with E-state index in [9.17, 15) is 4.79 Å². The van der Waals surface area contributed by atoms with Crippen LogP contribution in [0.5, 0.6) is 0 Å². The first-order valence-corrected chi connectivity index (χ1v) is 7.59. The van der Waals surface area contributed by atoms with Crippen molar-refractivity contribution < 1.29 is 4.42 Å². The minimum absolute atomic E-state index is 0.0257. The fourth-order valence-corrected chi connectivity index (χ4v) is 3.31. The van der Waals surface area contributed by atoms with Gasteiger partial charge < -0.3 is 4.42 Å². The SMILES string of the molecule is Cc1ccc2oc3c(cc4ccc5ccccc5n43)c(=O)c2c1. The number of hydrogen-bond donors (Lipinski definition) is 0. The van der Waals surface area contributed by atoms with Crippen molar-refractivity contribution in [2.75, 3.05) is 0 Å². The highest BCUT2D eigenvalue weighted by atomic mass is 16.3. The Labute approximate surface area is 131 Å². The molecule has 3 nitrogen and oxygen atoms in total. The van der Waals surface area contributed by atoms with Gasteiger partial charge in [0, 0.05) is 0 Å². The van der Waals surface area contributed by atoms with Crippen LogP contribution in [0.25, 0.3) is 38.5 Å². The van der Waals surface area contributed by atoms with Crippen molar-refractivity contribution in [3.8, 4) is 0 Å². The molecule has 0 atom stereocenters. The molecule has 0 fully saturated rings. The van der Waals surface area contributed by atoms with E-state index in [1.54, 1.807) is 0 Å². The summed E-state index contributed by atoms with van der Waals surface area (Å²) in [5.41, 5.74) is 4.32. The van der Waals surface area contributed by atoms with Gasteiger partial charge in [0.05, 0.1) is 21.8 Å². The number of para-hydroxylation sites is 1. The number of pyridine rings is 1. The fraction of sp³-hybridized carbons (Fsp3) is 0.0500. The van der Waals surface area contributed by atoms with Crippen LogP contribution in [-0.4, -0.2) is 4.40 Å². The third-order valence-electron chi connectivity index (χ3n) is 4.43.